The van der Waals surface area contributed by atoms with E-state index in [1.54, 1.807) is 0 Å². The molecule has 0 aliphatic rings. The first-order valence-corrected chi connectivity index (χ1v) is 6.14. The summed E-state index contributed by atoms with van der Waals surface area (Å²) in [4.78, 5) is 11.9. The molecule has 19 heavy (non-hydrogen) atoms. The summed E-state index contributed by atoms with van der Waals surface area (Å²) >= 11 is 0. The molecule has 0 fully saturated rings. The zero-order valence-electron chi connectivity index (χ0n) is 10.8. The van der Waals surface area contributed by atoms with Gasteiger partial charge in [-0.3, -0.25) is 4.79 Å². The van der Waals surface area contributed by atoms with E-state index in [0.29, 0.717) is 18.9 Å². The molecule has 0 aliphatic carbocycles. The third-order valence-corrected chi connectivity index (χ3v) is 2.53. The Morgan fingerprint density at radius 2 is 2.11 bits per heavy atom. The van der Waals surface area contributed by atoms with Gasteiger partial charge in [0.2, 0.25) is 0 Å². The van der Waals surface area contributed by atoms with Crippen molar-refractivity contribution in [1.29, 1.82) is 0 Å². The van der Waals surface area contributed by atoms with Crippen LogP contribution in [0.5, 0.6) is 5.75 Å². The third-order valence-electron chi connectivity index (χ3n) is 2.53. The van der Waals surface area contributed by atoms with Gasteiger partial charge in [0, 0.05) is 12.1 Å². The molecule has 100 valence electrons. The van der Waals surface area contributed by atoms with Crippen molar-refractivity contribution in [3.63, 3.8) is 0 Å². The molecule has 0 bridgehead atoms. The SMILES string of the molecule is CC(N)COc1cnn(Cc2ccccc2)c(=O)c1. The summed E-state index contributed by atoms with van der Waals surface area (Å²) in [6.07, 6.45) is 1.53. The second-order valence-corrected chi connectivity index (χ2v) is 4.46. The molecule has 2 rings (SSSR count). The number of benzene rings is 1. The van der Waals surface area contributed by atoms with Crippen molar-refractivity contribution in [1.82, 2.24) is 9.78 Å². The smallest absolute Gasteiger partial charge is 0.270 e. The second-order valence-electron chi connectivity index (χ2n) is 4.46. The maximum absolute atomic E-state index is 11.9. The van der Waals surface area contributed by atoms with Gasteiger partial charge in [-0.2, -0.15) is 5.10 Å². The number of hydrogen-bond donors (Lipinski definition) is 1. The topological polar surface area (TPSA) is 70.1 Å². The van der Waals surface area contributed by atoms with Crippen LogP contribution in [0.3, 0.4) is 0 Å². The zero-order valence-corrected chi connectivity index (χ0v) is 10.8. The van der Waals surface area contributed by atoms with Crippen molar-refractivity contribution < 1.29 is 4.74 Å². The van der Waals surface area contributed by atoms with Crippen LogP contribution in [0.2, 0.25) is 0 Å². The van der Waals surface area contributed by atoms with E-state index in [-0.39, 0.29) is 11.6 Å². The van der Waals surface area contributed by atoms with E-state index in [2.05, 4.69) is 5.10 Å². The summed E-state index contributed by atoms with van der Waals surface area (Å²) in [5, 5.41) is 4.09. The standard InChI is InChI=1S/C14H17N3O2/c1-11(15)10-19-13-7-14(18)17(16-8-13)9-12-5-3-2-4-6-12/h2-8,11H,9-10,15H2,1H3. The van der Waals surface area contributed by atoms with Gasteiger partial charge in [0.25, 0.3) is 5.56 Å². The lowest BCUT2D eigenvalue weighted by Gasteiger charge is -2.09. The average Bonchev–Trinajstić information content (AvgIpc) is 2.40. The molecular formula is C14H17N3O2. The molecule has 5 nitrogen and oxygen atoms in total. The highest BCUT2D eigenvalue weighted by atomic mass is 16.5. The fourth-order valence-corrected chi connectivity index (χ4v) is 1.60. The minimum Gasteiger partial charge on any atom is -0.490 e. The first-order valence-electron chi connectivity index (χ1n) is 6.14. The number of ether oxygens (including phenoxy) is 1. The quantitative estimate of drug-likeness (QED) is 0.870. The van der Waals surface area contributed by atoms with Gasteiger partial charge in [-0.25, -0.2) is 4.68 Å². The molecule has 1 unspecified atom stereocenters. The van der Waals surface area contributed by atoms with Gasteiger partial charge in [0.05, 0.1) is 12.7 Å². The largest absolute Gasteiger partial charge is 0.490 e. The van der Waals surface area contributed by atoms with E-state index in [4.69, 9.17) is 10.5 Å². The lowest BCUT2D eigenvalue weighted by Crippen LogP contribution is -2.26. The fourth-order valence-electron chi connectivity index (χ4n) is 1.60. The Hall–Kier alpha value is -2.14. The Bertz CT molecular complexity index is 579. The highest BCUT2D eigenvalue weighted by molar-refractivity contribution is 5.17. The number of hydrogen-bond acceptors (Lipinski definition) is 4. The predicted molar refractivity (Wildman–Crippen MR) is 73.2 cm³/mol. The first kappa shape index (κ1) is 13.3. The Morgan fingerprint density at radius 1 is 1.37 bits per heavy atom. The maximum atomic E-state index is 11.9. The summed E-state index contributed by atoms with van der Waals surface area (Å²) in [7, 11) is 0. The van der Waals surface area contributed by atoms with Crippen LogP contribution in [0.25, 0.3) is 0 Å². The number of rotatable bonds is 5. The Morgan fingerprint density at radius 3 is 2.74 bits per heavy atom. The highest BCUT2D eigenvalue weighted by Gasteiger charge is 2.03. The van der Waals surface area contributed by atoms with Crippen molar-refractivity contribution in [2.45, 2.75) is 19.5 Å². The Kier molecular flexibility index (Phi) is 4.30. The average molecular weight is 259 g/mol. The van der Waals surface area contributed by atoms with Crippen LogP contribution in [-0.4, -0.2) is 22.4 Å². The van der Waals surface area contributed by atoms with Crippen molar-refractivity contribution in [3.05, 3.63) is 58.5 Å². The molecule has 0 saturated carbocycles. The van der Waals surface area contributed by atoms with Gasteiger partial charge in [-0.1, -0.05) is 30.3 Å². The van der Waals surface area contributed by atoms with Crippen LogP contribution in [0.1, 0.15) is 12.5 Å². The van der Waals surface area contributed by atoms with Crippen LogP contribution in [-0.2, 0) is 6.54 Å². The normalized spacial score (nSPS) is 12.1. The summed E-state index contributed by atoms with van der Waals surface area (Å²) < 4.78 is 6.75. The molecule has 1 heterocycles. The number of aromatic nitrogens is 2. The molecule has 1 aromatic heterocycles. The molecule has 0 spiro atoms. The molecule has 0 aliphatic heterocycles. The highest BCUT2D eigenvalue weighted by Crippen LogP contribution is 2.05. The van der Waals surface area contributed by atoms with E-state index in [9.17, 15) is 4.79 Å². The lowest BCUT2D eigenvalue weighted by atomic mass is 10.2. The zero-order chi connectivity index (χ0) is 13.7. The van der Waals surface area contributed by atoms with Crippen LogP contribution in [0.15, 0.2) is 47.4 Å². The van der Waals surface area contributed by atoms with Gasteiger partial charge in [-0.15, -0.1) is 0 Å². The molecule has 0 radical (unpaired) electrons. The summed E-state index contributed by atoms with van der Waals surface area (Å²) in [5.41, 5.74) is 6.42. The van der Waals surface area contributed by atoms with Gasteiger partial charge in [0.1, 0.15) is 12.4 Å². The van der Waals surface area contributed by atoms with Gasteiger partial charge < -0.3 is 10.5 Å². The van der Waals surface area contributed by atoms with Crippen molar-refractivity contribution in [2.75, 3.05) is 6.61 Å². The molecule has 0 saturated heterocycles. The lowest BCUT2D eigenvalue weighted by molar-refractivity contribution is 0.293. The van der Waals surface area contributed by atoms with E-state index < -0.39 is 0 Å². The van der Waals surface area contributed by atoms with Gasteiger partial charge in [-0.05, 0) is 12.5 Å². The molecule has 1 aromatic carbocycles. The fraction of sp³-hybridized carbons (Fsp3) is 0.286. The van der Waals surface area contributed by atoms with E-state index in [1.807, 2.05) is 37.3 Å². The Balaban J connectivity index is 2.09. The Labute approximate surface area is 111 Å². The summed E-state index contributed by atoms with van der Waals surface area (Å²) in [6.45, 7) is 2.65. The number of nitrogens with zero attached hydrogens (tertiary/aromatic N) is 2. The maximum Gasteiger partial charge on any atom is 0.270 e. The minimum atomic E-state index is -0.189. The van der Waals surface area contributed by atoms with Gasteiger partial charge in [0.15, 0.2) is 0 Å². The van der Waals surface area contributed by atoms with E-state index in [0.717, 1.165) is 5.56 Å². The van der Waals surface area contributed by atoms with Crippen LogP contribution < -0.4 is 16.0 Å². The van der Waals surface area contributed by atoms with Crippen LogP contribution in [0, 0.1) is 0 Å². The predicted octanol–water partition coefficient (Wildman–Crippen LogP) is 1.02. The minimum absolute atomic E-state index is 0.0771. The van der Waals surface area contributed by atoms with Crippen LogP contribution >= 0.6 is 0 Å². The molecule has 5 heteroatoms. The molecule has 2 aromatic rings. The van der Waals surface area contributed by atoms with Crippen molar-refractivity contribution in [3.8, 4) is 5.75 Å². The van der Waals surface area contributed by atoms with Crippen molar-refractivity contribution in [2.24, 2.45) is 5.73 Å². The molecular weight excluding hydrogens is 242 g/mol. The number of nitrogens with two attached hydrogens (primary N) is 1. The first-order chi connectivity index (χ1) is 9.15. The van der Waals surface area contributed by atoms with E-state index >= 15 is 0 Å². The van der Waals surface area contributed by atoms with E-state index in [1.165, 1.54) is 16.9 Å². The third kappa shape index (κ3) is 3.93. The molecule has 1 atom stereocenters. The molecule has 2 N–H and O–H groups in total. The monoisotopic (exact) mass is 259 g/mol. The second kappa shape index (κ2) is 6.15. The molecule has 0 amide bonds. The summed E-state index contributed by atoms with van der Waals surface area (Å²) in [5.74, 6) is 0.451. The van der Waals surface area contributed by atoms with Gasteiger partial charge >= 0.3 is 0 Å². The van der Waals surface area contributed by atoms with Crippen molar-refractivity contribution >= 4 is 0 Å². The van der Waals surface area contributed by atoms with Crippen LogP contribution in [0.4, 0.5) is 0 Å². The summed E-state index contributed by atoms with van der Waals surface area (Å²) in [6, 6.07) is 11.1.